The fourth-order valence-corrected chi connectivity index (χ4v) is 2.48. The Morgan fingerprint density at radius 1 is 1.42 bits per heavy atom. The zero-order valence-corrected chi connectivity index (χ0v) is 11.8. The molecule has 4 nitrogen and oxygen atoms in total. The van der Waals surface area contributed by atoms with Crippen LogP contribution in [0.2, 0.25) is 0 Å². The van der Waals surface area contributed by atoms with E-state index in [4.69, 9.17) is 4.74 Å². The first kappa shape index (κ1) is 14.3. The van der Waals surface area contributed by atoms with Crippen molar-refractivity contribution in [2.75, 3.05) is 0 Å². The smallest absolute Gasteiger partial charge is 0.218 e. The van der Waals surface area contributed by atoms with Gasteiger partial charge in [0.15, 0.2) is 0 Å². The van der Waals surface area contributed by atoms with Crippen molar-refractivity contribution in [3.63, 3.8) is 0 Å². The molecule has 0 aliphatic heterocycles. The molecule has 1 fully saturated rings. The lowest BCUT2D eigenvalue weighted by Gasteiger charge is -2.28. The van der Waals surface area contributed by atoms with Gasteiger partial charge in [0.2, 0.25) is 5.88 Å². The number of hydrogen-bond donors (Lipinski definition) is 2. The molecular formula is C15H24N2O2. The molecule has 2 rings (SSSR count). The molecule has 19 heavy (non-hydrogen) atoms. The summed E-state index contributed by atoms with van der Waals surface area (Å²) in [7, 11) is 0. The molecule has 2 atom stereocenters. The molecule has 0 bridgehead atoms. The van der Waals surface area contributed by atoms with E-state index < -0.39 is 0 Å². The van der Waals surface area contributed by atoms with Crippen molar-refractivity contribution in [1.29, 1.82) is 0 Å². The Kier molecular flexibility index (Phi) is 5.16. The van der Waals surface area contributed by atoms with Gasteiger partial charge in [0.05, 0.1) is 12.2 Å². The fourth-order valence-electron chi connectivity index (χ4n) is 2.48. The summed E-state index contributed by atoms with van der Waals surface area (Å²) in [4.78, 5) is 4.28. The third-order valence-electron chi connectivity index (χ3n) is 3.48. The van der Waals surface area contributed by atoms with Gasteiger partial charge in [0.1, 0.15) is 0 Å². The zero-order chi connectivity index (χ0) is 13.7. The molecule has 0 radical (unpaired) electrons. The van der Waals surface area contributed by atoms with Crippen molar-refractivity contribution >= 4 is 0 Å². The summed E-state index contributed by atoms with van der Waals surface area (Å²) in [5, 5.41) is 13.4. The first-order chi connectivity index (χ1) is 9.16. The number of pyridine rings is 1. The van der Waals surface area contributed by atoms with Crippen LogP contribution in [0.4, 0.5) is 0 Å². The van der Waals surface area contributed by atoms with E-state index in [-0.39, 0.29) is 18.2 Å². The van der Waals surface area contributed by atoms with Crippen LogP contribution in [0.25, 0.3) is 0 Å². The molecule has 106 valence electrons. The van der Waals surface area contributed by atoms with Crippen LogP contribution in [0, 0.1) is 0 Å². The normalized spacial score (nSPS) is 23.6. The second-order valence-corrected chi connectivity index (χ2v) is 5.47. The summed E-state index contributed by atoms with van der Waals surface area (Å²) >= 11 is 0. The monoisotopic (exact) mass is 264 g/mol. The van der Waals surface area contributed by atoms with Crippen LogP contribution < -0.4 is 10.1 Å². The summed E-state index contributed by atoms with van der Waals surface area (Å²) in [5.74, 6) is 0.690. The molecule has 2 N–H and O–H groups in total. The Morgan fingerprint density at radius 2 is 2.21 bits per heavy atom. The first-order valence-electron chi connectivity index (χ1n) is 7.19. The molecule has 1 aliphatic carbocycles. The Hall–Kier alpha value is -1.13. The van der Waals surface area contributed by atoms with E-state index in [0.29, 0.717) is 12.4 Å². The van der Waals surface area contributed by atoms with Gasteiger partial charge in [-0.15, -0.1) is 0 Å². The number of nitrogens with zero attached hydrogens (tertiary/aromatic N) is 1. The van der Waals surface area contributed by atoms with Gasteiger partial charge in [-0.25, -0.2) is 4.98 Å². The van der Waals surface area contributed by atoms with Crippen molar-refractivity contribution in [3.05, 3.63) is 23.9 Å². The third-order valence-corrected chi connectivity index (χ3v) is 3.48. The maximum absolute atomic E-state index is 9.95. The Morgan fingerprint density at radius 3 is 2.95 bits per heavy atom. The highest BCUT2D eigenvalue weighted by atomic mass is 16.5. The minimum atomic E-state index is -0.222. The summed E-state index contributed by atoms with van der Waals surface area (Å²) in [6.45, 7) is 4.69. The predicted molar refractivity (Wildman–Crippen MR) is 75.1 cm³/mol. The van der Waals surface area contributed by atoms with Crippen molar-refractivity contribution < 1.29 is 9.84 Å². The van der Waals surface area contributed by atoms with Crippen molar-refractivity contribution in [1.82, 2.24) is 10.3 Å². The van der Waals surface area contributed by atoms with Crippen LogP contribution in [0.15, 0.2) is 18.3 Å². The van der Waals surface area contributed by atoms with Crippen LogP contribution in [-0.2, 0) is 6.54 Å². The molecular weight excluding hydrogens is 240 g/mol. The number of hydrogen-bond acceptors (Lipinski definition) is 4. The average Bonchev–Trinajstić information content (AvgIpc) is 2.39. The minimum absolute atomic E-state index is 0.119. The number of aliphatic hydroxyl groups is 1. The lowest BCUT2D eigenvalue weighted by atomic mass is 9.92. The number of nitrogens with one attached hydrogen (secondary N) is 1. The summed E-state index contributed by atoms with van der Waals surface area (Å²) < 4.78 is 5.70. The minimum Gasteiger partial charge on any atom is -0.475 e. The Labute approximate surface area is 115 Å². The van der Waals surface area contributed by atoms with Gasteiger partial charge in [0, 0.05) is 24.3 Å². The quantitative estimate of drug-likeness (QED) is 0.856. The second-order valence-electron chi connectivity index (χ2n) is 5.47. The number of ether oxygens (including phenoxy) is 1. The van der Waals surface area contributed by atoms with E-state index in [1.807, 2.05) is 26.0 Å². The Balaban J connectivity index is 1.94. The topological polar surface area (TPSA) is 54.4 Å². The molecule has 0 spiro atoms. The maximum atomic E-state index is 9.95. The van der Waals surface area contributed by atoms with Gasteiger partial charge in [-0.1, -0.05) is 18.9 Å². The van der Waals surface area contributed by atoms with Crippen LogP contribution in [-0.4, -0.2) is 28.3 Å². The third kappa shape index (κ3) is 4.18. The van der Waals surface area contributed by atoms with Gasteiger partial charge < -0.3 is 15.2 Å². The number of aromatic nitrogens is 1. The molecule has 0 aromatic carbocycles. The summed E-state index contributed by atoms with van der Waals surface area (Å²) in [6, 6.07) is 4.13. The van der Waals surface area contributed by atoms with Gasteiger partial charge in [-0.3, -0.25) is 0 Å². The van der Waals surface area contributed by atoms with E-state index in [9.17, 15) is 5.11 Å². The van der Waals surface area contributed by atoms with Gasteiger partial charge in [-0.05, 0) is 32.8 Å². The summed E-state index contributed by atoms with van der Waals surface area (Å²) in [5.41, 5.74) is 1.05. The van der Waals surface area contributed by atoms with E-state index in [1.54, 1.807) is 6.20 Å². The molecule has 0 amide bonds. The van der Waals surface area contributed by atoms with Crippen LogP contribution in [0.5, 0.6) is 5.88 Å². The molecule has 1 saturated carbocycles. The zero-order valence-electron chi connectivity index (χ0n) is 11.8. The molecule has 1 heterocycles. The van der Waals surface area contributed by atoms with Crippen molar-refractivity contribution in [2.24, 2.45) is 0 Å². The largest absolute Gasteiger partial charge is 0.475 e. The Bertz CT molecular complexity index is 395. The molecule has 1 aromatic rings. The highest BCUT2D eigenvalue weighted by Crippen LogP contribution is 2.20. The highest BCUT2D eigenvalue weighted by Gasteiger charge is 2.22. The van der Waals surface area contributed by atoms with Crippen LogP contribution in [0.1, 0.15) is 45.1 Å². The molecule has 0 saturated heterocycles. The van der Waals surface area contributed by atoms with Crippen molar-refractivity contribution in [2.45, 2.75) is 64.3 Å². The van der Waals surface area contributed by atoms with Crippen LogP contribution >= 0.6 is 0 Å². The fraction of sp³-hybridized carbons (Fsp3) is 0.667. The molecule has 0 unspecified atom stereocenters. The van der Waals surface area contributed by atoms with Crippen molar-refractivity contribution in [3.8, 4) is 5.88 Å². The second kappa shape index (κ2) is 6.87. The molecule has 1 aromatic heterocycles. The first-order valence-corrected chi connectivity index (χ1v) is 7.19. The summed E-state index contributed by atoms with van der Waals surface area (Å²) in [6.07, 6.45) is 5.91. The lowest BCUT2D eigenvalue weighted by molar-refractivity contribution is 0.0899. The highest BCUT2D eigenvalue weighted by molar-refractivity contribution is 5.25. The van der Waals surface area contributed by atoms with E-state index in [0.717, 1.165) is 24.8 Å². The maximum Gasteiger partial charge on any atom is 0.218 e. The van der Waals surface area contributed by atoms with E-state index >= 15 is 0 Å². The SMILES string of the molecule is CC(C)Oc1ncccc1CN[C@H]1CCCC[C@@H]1O. The standard InChI is InChI=1S/C15H24N2O2/c1-11(2)19-15-12(6-5-9-16-15)10-17-13-7-3-4-8-14(13)18/h5-6,9,11,13-14,17-18H,3-4,7-8,10H2,1-2H3/t13-,14-/m0/s1. The molecule has 1 aliphatic rings. The van der Waals surface area contributed by atoms with E-state index in [2.05, 4.69) is 10.3 Å². The van der Waals surface area contributed by atoms with Gasteiger partial charge in [0.25, 0.3) is 0 Å². The number of rotatable bonds is 5. The van der Waals surface area contributed by atoms with Gasteiger partial charge in [-0.2, -0.15) is 0 Å². The predicted octanol–water partition coefficient (Wildman–Crippen LogP) is 2.26. The van der Waals surface area contributed by atoms with E-state index in [1.165, 1.54) is 6.42 Å². The number of aliphatic hydroxyl groups excluding tert-OH is 1. The average molecular weight is 264 g/mol. The lowest BCUT2D eigenvalue weighted by Crippen LogP contribution is -2.41. The van der Waals surface area contributed by atoms with Gasteiger partial charge >= 0.3 is 0 Å². The van der Waals surface area contributed by atoms with Crippen LogP contribution in [0.3, 0.4) is 0 Å². The molecule has 4 heteroatoms.